The van der Waals surface area contributed by atoms with E-state index in [1.54, 1.807) is 12.1 Å². The highest BCUT2D eigenvalue weighted by Gasteiger charge is 2.43. The van der Waals surface area contributed by atoms with Crippen LogP contribution >= 0.6 is 0 Å². The first-order valence-corrected chi connectivity index (χ1v) is 9.73. The van der Waals surface area contributed by atoms with Gasteiger partial charge in [0.05, 0.1) is 23.7 Å². The molecule has 2 amide bonds. The number of aromatic carboxylic acids is 1. The zero-order valence-corrected chi connectivity index (χ0v) is 16.0. The monoisotopic (exact) mass is 393 g/mol. The lowest BCUT2D eigenvalue weighted by molar-refractivity contribution is -0.123. The summed E-state index contributed by atoms with van der Waals surface area (Å²) in [5, 5.41) is 9.17. The molecule has 7 heteroatoms. The first-order valence-electron chi connectivity index (χ1n) is 9.73. The summed E-state index contributed by atoms with van der Waals surface area (Å²) in [6, 6.07) is 15.8. The second kappa shape index (κ2) is 8.14. The standard InChI is InChI=1S/C22H23N3O4/c26-20-14-19(21(27)25(20)18-8-4-7-17(13-18)22(28)29)24-11-9-23(10-12-24)15-16-5-2-1-3-6-16/h1-8,13,19H,9-12,14-15H2,(H,28,29)/t19-/m1/s1. The maximum Gasteiger partial charge on any atom is 0.335 e. The third-order valence-corrected chi connectivity index (χ3v) is 5.57. The van der Waals surface area contributed by atoms with E-state index in [0.717, 1.165) is 37.6 Å². The number of piperazine rings is 1. The number of amides is 2. The molecule has 0 radical (unpaired) electrons. The number of carbonyl (C=O) groups excluding carboxylic acids is 2. The van der Waals surface area contributed by atoms with Gasteiger partial charge in [0.2, 0.25) is 5.91 Å². The van der Waals surface area contributed by atoms with Gasteiger partial charge in [-0.15, -0.1) is 0 Å². The highest BCUT2D eigenvalue weighted by molar-refractivity contribution is 6.22. The molecule has 2 aliphatic heterocycles. The number of benzene rings is 2. The van der Waals surface area contributed by atoms with Gasteiger partial charge < -0.3 is 5.11 Å². The molecule has 2 aromatic carbocycles. The summed E-state index contributed by atoms with van der Waals surface area (Å²) >= 11 is 0. The van der Waals surface area contributed by atoms with Crippen LogP contribution in [0.1, 0.15) is 22.3 Å². The number of rotatable bonds is 5. The number of carboxylic acid groups (broad SMARTS) is 1. The van der Waals surface area contributed by atoms with Crippen molar-refractivity contribution in [1.82, 2.24) is 9.80 Å². The average Bonchev–Trinajstić information content (AvgIpc) is 3.03. The van der Waals surface area contributed by atoms with E-state index >= 15 is 0 Å². The van der Waals surface area contributed by atoms with Crippen molar-refractivity contribution in [2.24, 2.45) is 0 Å². The normalized spacial score (nSPS) is 21.0. The number of nitrogens with zero attached hydrogens (tertiary/aromatic N) is 3. The second-order valence-corrected chi connectivity index (χ2v) is 7.44. The van der Waals surface area contributed by atoms with Crippen molar-refractivity contribution in [1.29, 1.82) is 0 Å². The van der Waals surface area contributed by atoms with Gasteiger partial charge >= 0.3 is 5.97 Å². The van der Waals surface area contributed by atoms with Crippen LogP contribution in [0.5, 0.6) is 0 Å². The Balaban J connectivity index is 1.41. The maximum atomic E-state index is 13.0. The van der Waals surface area contributed by atoms with Crippen LogP contribution in [0.3, 0.4) is 0 Å². The molecule has 7 nitrogen and oxygen atoms in total. The van der Waals surface area contributed by atoms with Crippen molar-refractivity contribution in [2.45, 2.75) is 19.0 Å². The molecule has 1 atom stereocenters. The van der Waals surface area contributed by atoms with E-state index in [1.165, 1.54) is 17.7 Å². The van der Waals surface area contributed by atoms with Crippen LogP contribution in [0.25, 0.3) is 0 Å². The molecule has 29 heavy (non-hydrogen) atoms. The average molecular weight is 393 g/mol. The number of anilines is 1. The van der Waals surface area contributed by atoms with E-state index in [1.807, 2.05) is 18.2 Å². The lowest BCUT2D eigenvalue weighted by Gasteiger charge is -2.37. The van der Waals surface area contributed by atoms with Crippen molar-refractivity contribution in [3.05, 3.63) is 65.7 Å². The van der Waals surface area contributed by atoms with Crippen LogP contribution in [-0.4, -0.2) is 64.9 Å². The molecule has 2 heterocycles. The van der Waals surface area contributed by atoms with Crippen molar-refractivity contribution >= 4 is 23.5 Å². The Morgan fingerprint density at radius 3 is 2.38 bits per heavy atom. The van der Waals surface area contributed by atoms with E-state index in [4.69, 9.17) is 5.11 Å². The molecule has 1 N–H and O–H groups in total. The smallest absolute Gasteiger partial charge is 0.335 e. The van der Waals surface area contributed by atoms with Crippen molar-refractivity contribution in [3.8, 4) is 0 Å². The Kier molecular flexibility index (Phi) is 5.42. The van der Waals surface area contributed by atoms with Gasteiger partial charge in [-0.2, -0.15) is 0 Å². The molecule has 4 rings (SSSR count). The molecular weight excluding hydrogens is 370 g/mol. The minimum absolute atomic E-state index is 0.0566. The number of carbonyl (C=O) groups is 3. The van der Waals surface area contributed by atoms with Crippen LogP contribution in [0.4, 0.5) is 5.69 Å². The van der Waals surface area contributed by atoms with Gasteiger partial charge in [-0.3, -0.25) is 19.4 Å². The van der Waals surface area contributed by atoms with Crippen molar-refractivity contribution in [2.75, 3.05) is 31.1 Å². The van der Waals surface area contributed by atoms with E-state index < -0.39 is 12.0 Å². The predicted molar refractivity (Wildman–Crippen MR) is 108 cm³/mol. The molecule has 0 unspecified atom stereocenters. The predicted octanol–water partition coefficient (Wildman–Crippen LogP) is 1.83. The summed E-state index contributed by atoms with van der Waals surface area (Å²) in [5.41, 5.74) is 1.64. The minimum atomic E-state index is -1.09. The fourth-order valence-corrected chi connectivity index (χ4v) is 4.03. The summed E-state index contributed by atoms with van der Waals surface area (Å²) in [7, 11) is 0. The summed E-state index contributed by atoms with van der Waals surface area (Å²) in [6.45, 7) is 3.99. The quantitative estimate of drug-likeness (QED) is 0.781. The summed E-state index contributed by atoms with van der Waals surface area (Å²) < 4.78 is 0. The van der Waals surface area contributed by atoms with Crippen LogP contribution < -0.4 is 4.90 Å². The Bertz CT molecular complexity index is 923. The highest BCUT2D eigenvalue weighted by Crippen LogP contribution is 2.27. The van der Waals surface area contributed by atoms with Gasteiger partial charge in [0.25, 0.3) is 5.91 Å². The van der Waals surface area contributed by atoms with E-state index in [0.29, 0.717) is 5.69 Å². The molecule has 0 aliphatic carbocycles. The Labute approximate surface area is 169 Å². The zero-order chi connectivity index (χ0) is 20.4. The van der Waals surface area contributed by atoms with Crippen LogP contribution in [-0.2, 0) is 16.1 Å². The lowest BCUT2D eigenvalue weighted by atomic mass is 10.1. The summed E-state index contributed by atoms with van der Waals surface area (Å²) in [5.74, 6) is -1.64. The Hall–Kier alpha value is -3.03. The minimum Gasteiger partial charge on any atom is -0.478 e. The molecule has 0 spiro atoms. The van der Waals surface area contributed by atoms with E-state index in [-0.39, 0.29) is 23.8 Å². The molecule has 2 aromatic rings. The number of imide groups is 1. The van der Waals surface area contributed by atoms with Gasteiger partial charge in [-0.05, 0) is 23.8 Å². The zero-order valence-electron chi connectivity index (χ0n) is 16.0. The molecule has 2 saturated heterocycles. The third kappa shape index (κ3) is 4.06. The first kappa shape index (κ1) is 19.3. The fourth-order valence-electron chi connectivity index (χ4n) is 4.03. The highest BCUT2D eigenvalue weighted by atomic mass is 16.4. The molecular formula is C22H23N3O4. The van der Waals surface area contributed by atoms with Crippen molar-refractivity contribution in [3.63, 3.8) is 0 Å². The third-order valence-electron chi connectivity index (χ3n) is 5.57. The molecule has 150 valence electrons. The second-order valence-electron chi connectivity index (χ2n) is 7.44. The van der Waals surface area contributed by atoms with E-state index in [2.05, 4.69) is 21.9 Å². The molecule has 2 aliphatic rings. The molecule has 0 aromatic heterocycles. The van der Waals surface area contributed by atoms with Crippen LogP contribution in [0.15, 0.2) is 54.6 Å². The Morgan fingerprint density at radius 2 is 1.69 bits per heavy atom. The Morgan fingerprint density at radius 1 is 0.966 bits per heavy atom. The van der Waals surface area contributed by atoms with Crippen LogP contribution in [0.2, 0.25) is 0 Å². The van der Waals surface area contributed by atoms with Gasteiger partial charge in [0.15, 0.2) is 0 Å². The van der Waals surface area contributed by atoms with Gasteiger partial charge in [0, 0.05) is 32.7 Å². The van der Waals surface area contributed by atoms with Crippen molar-refractivity contribution < 1.29 is 19.5 Å². The number of carboxylic acids is 1. The lowest BCUT2D eigenvalue weighted by Crippen LogP contribution is -2.52. The maximum absolute atomic E-state index is 13.0. The molecule has 2 fully saturated rings. The molecule has 0 bridgehead atoms. The van der Waals surface area contributed by atoms with Gasteiger partial charge in [-0.25, -0.2) is 9.69 Å². The van der Waals surface area contributed by atoms with Gasteiger partial charge in [0.1, 0.15) is 0 Å². The first-order chi connectivity index (χ1) is 14.0. The summed E-state index contributed by atoms with van der Waals surface area (Å²) in [6.07, 6.45) is 0.134. The fraction of sp³-hybridized carbons (Fsp3) is 0.318. The van der Waals surface area contributed by atoms with Crippen LogP contribution in [0, 0.1) is 0 Å². The number of hydrogen-bond acceptors (Lipinski definition) is 5. The van der Waals surface area contributed by atoms with E-state index in [9.17, 15) is 14.4 Å². The molecule has 0 saturated carbocycles. The van der Waals surface area contributed by atoms with Gasteiger partial charge in [-0.1, -0.05) is 36.4 Å². The summed E-state index contributed by atoms with van der Waals surface area (Å²) in [4.78, 5) is 42.3. The topological polar surface area (TPSA) is 81.2 Å². The SMILES string of the molecule is O=C(O)c1cccc(N2C(=O)C[C@@H](N3CCN(Cc4ccccc4)CC3)C2=O)c1. The number of hydrogen-bond donors (Lipinski definition) is 1. The largest absolute Gasteiger partial charge is 0.478 e.